The Hall–Kier alpha value is -1.23. The van der Waals surface area contributed by atoms with Crippen LogP contribution >= 0.6 is 12.4 Å². The molecule has 5 nitrogen and oxygen atoms in total. The highest BCUT2D eigenvalue weighted by Crippen LogP contribution is 2.08. The summed E-state index contributed by atoms with van der Waals surface area (Å²) in [6.07, 6.45) is 3.51. The molecule has 0 aromatic carbocycles. The van der Waals surface area contributed by atoms with Crippen molar-refractivity contribution in [3.63, 3.8) is 0 Å². The number of halogens is 1. The van der Waals surface area contributed by atoms with Crippen LogP contribution in [-0.4, -0.2) is 22.2 Å². The van der Waals surface area contributed by atoms with Crippen molar-refractivity contribution >= 4 is 24.0 Å². The summed E-state index contributed by atoms with van der Waals surface area (Å²) in [7, 11) is 1.70. The predicted molar refractivity (Wildman–Crippen MR) is 62.1 cm³/mol. The highest BCUT2D eigenvalue weighted by atomic mass is 35.5. The number of nitrogen functional groups attached to an aromatic ring is 1. The van der Waals surface area contributed by atoms with Crippen molar-refractivity contribution in [2.24, 2.45) is 7.05 Å². The van der Waals surface area contributed by atoms with E-state index in [1.54, 1.807) is 7.05 Å². The Bertz CT molecular complexity index is 304. The molecule has 0 atom stereocenters. The average molecular weight is 233 g/mol. The lowest BCUT2D eigenvalue weighted by Gasteiger charge is -2.04. The maximum atomic E-state index is 11.6. The number of carbonyl (C=O) groups excluding carboxylic acids is 1. The molecule has 1 aromatic rings. The number of unbranched alkanes of at least 4 members (excludes halogenated alkanes) is 1. The van der Waals surface area contributed by atoms with Crippen LogP contribution in [0.5, 0.6) is 0 Å². The van der Waals surface area contributed by atoms with Crippen molar-refractivity contribution in [3.05, 3.63) is 11.9 Å². The molecule has 0 saturated carbocycles. The molecular formula is C9H17ClN4O. The third-order valence-electron chi connectivity index (χ3n) is 2.00. The Morgan fingerprint density at radius 1 is 1.67 bits per heavy atom. The van der Waals surface area contributed by atoms with Gasteiger partial charge in [-0.2, -0.15) is 5.10 Å². The van der Waals surface area contributed by atoms with Crippen LogP contribution in [0.3, 0.4) is 0 Å². The summed E-state index contributed by atoms with van der Waals surface area (Å²) in [4.78, 5) is 11.6. The Kier molecular flexibility index (Phi) is 5.77. The SMILES string of the molecule is CCCCNC(=O)c1c(N)cnn1C.Cl. The fourth-order valence-corrected chi connectivity index (χ4v) is 1.19. The van der Waals surface area contributed by atoms with Gasteiger partial charge in [0.2, 0.25) is 0 Å². The third kappa shape index (κ3) is 3.43. The minimum atomic E-state index is -0.157. The second-order valence-electron chi connectivity index (χ2n) is 3.18. The molecule has 1 heterocycles. The highest BCUT2D eigenvalue weighted by molar-refractivity contribution is 5.97. The molecule has 6 heteroatoms. The normalized spacial score (nSPS) is 9.47. The minimum absolute atomic E-state index is 0. The van der Waals surface area contributed by atoms with E-state index in [9.17, 15) is 4.79 Å². The van der Waals surface area contributed by atoms with E-state index in [0.29, 0.717) is 17.9 Å². The van der Waals surface area contributed by atoms with Gasteiger partial charge in [0.25, 0.3) is 5.91 Å². The van der Waals surface area contributed by atoms with Crippen LogP contribution in [0.4, 0.5) is 5.69 Å². The summed E-state index contributed by atoms with van der Waals surface area (Å²) in [6, 6.07) is 0. The Morgan fingerprint density at radius 3 is 2.80 bits per heavy atom. The second-order valence-corrected chi connectivity index (χ2v) is 3.18. The van der Waals surface area contributed by atoms with Gasteiger partial charge in [0.05, 0.1) is 11.9 Å². The van der Waals surface area contributed by atoms with Crippen molar-refractivity contribution in [2.45, 2.75) is 19.8 Å². The van der Waals surface area contributed by atoms with E-state index in [-0.39, 0.29) is 18.3 Å². The molecule has 1 rings (SSSR count). The van der Waals surface area contributed by atoms with Crippen LogP contribution in [0, 0.1) is 0 Å². The van der Waals surface area contributed by atoms with E-state index in [4.69, 9.17) is 5.73 Å². The van der Waals surface area contributed by atoms with E-state index in [0.717, 1.165) is 12.8 Å². The molecule has 0 aliphatic carbocycles. The zero-order chi connectivity index (χ0) is 10.6. The number of hydrogen-bond donors (Lipinski definition) is 2. The molecule has 86 valence electrons. The van der Waals surface area contributed by atoms with Gasteiger partial charge in [-0.15, -0.1) is 12.4 Å². The van der Waals surface area contributed by atoms with Gasteiger partial charge in [0, 0.05) is 13.6 Å². The number of rotatable bonds is 4. The molecule has 0 spiro atoms. The van der Waals surface area contributed by atoms with Crippen LogP contribution < -0.4 is 11.1 Å². The lowest BCUT2D eigenvalue weighted by atomic mass is 10.3. The van der Waals surface area contributed by atoms with Gasteiger partial charge in [-0.05, 0) is 6.42 Å². The number of carbonyl (C=O) groups is 1. The van der Waals surface area contributed by atoms with E-state index in [1.807, 2.05) is 0 Å². The van der Waals surface area contributed by atoms with E-state index in [2.05, 4.69) is 17.3 Å². The largest absolute Gasteiger partial charge is 0.396 e. The highest BCUT2D eigenvalue weighted by Gasteiger charge is 2.13. The lowest BCUT2D eigenvalue weighted by molar-refractivity contribution is 0.0944. The molecule has 15 heavy (non-hydrogen) atoms. The van der Waals surface area contributed by atoms with Crippen LogP contribution in [-0.2, 0) is 7.05 Å². The van der Waals surface area contributed by atoms with Crippen LogP contribution in [0.2, 0.25) is 0 Å². The molecular weight excluding hydrogens is 216 g/mol. The molecule has 0 radical (unpaired) electrons. The van der Waals surface area contributed by atoms with Crippen molar-refractivity contribution < 1.29 is 4.79 Å². The van der Waals surface area contributed by atoms with Crippen LogP contribution in [0.1, 0.15) is 30.3 Å². The summed E-state index contributed by atoms with van der Waals surface area (Å²) in [6.45, 7) is 2.75. The van der Waals surface area contributed by atoms with Gasteiger partial charge in [-0.1, -0.05) is 13.3 Å². The van der Waals surface area contributed by atoms with Crippen molar-refractivity contribution in [1.82, 2.24) is 15.1 Å². The maximum absolute atomic E-state index is 11.6. The standard InChI is InChI=1S/C9H16N4O.ClH/c1-3-4-5-11-9(14)8-7(10)6-12-13(8)2;/h6H,3-5,10H2,1-2H3,(H,11,14);1H. The summed E-state index contributed by atoms with van der Waals surface area (Å²) in [5, 5.41) is 6.68. The average Bonchev–Trinajstić information content (AvgIpc) is 2.46. The van der Waals surface area contributed by atoms with Gasteiger partial charge in [0.1, 0.15) is 5.69 Å². The fourth-order valence-electron chi connectivity index (χ4n) is 1.19. The summed E-state index contributed by atoms with van der Waals surface area (Å²) in [5.74, 6) is -0.157. The second kappa shape index (κ2) is 6.29. The number of nitrogens with zero attached hydrogens (tertiary/aromatic N) is 2. The molecule has 1 aromatic heterocycles. The smallest absolute Gasteiger partial charge is 0.271 e. The van der Waals surface area contributed by atoms with Gasteiger partial charge in [-0.3, -0.25) is 9.48 Å². The van der Waals surface area contributed by atoms with Gasteiger partial charge in [-0.25, -0.2) is 0 Å². The Balaban J connectivity index is 0.00000196. The number of aromatic nitrogens is 2. The van der Waals surface area contributed by atoms with E-state index < -0.39 is 0 Å². The van der Waals surface area contributed by atoms with E-state index in [1.165, 1.54) is 10.9 Å². The predicted octanol–water partition coefficient (Wildman–Crippen LogP) is 0.954. The summed E-state index contributed by atoms with van der Waals surface area (Å²) in [5.41, 5.74) is 6.45. The molecule has 0 aliphatic heterocycles. The number of nitrogens with one attached hydrogen (secondary N) is 1. The summed E-state index contributed by atoms with van der Waals surface area (Å²) >= 11 is 0. The number of aryl methyl sites for hydroxylation is 1. The molecule has 0 unspecified atom stereocenters. The zero-order valence-corrected chi connectivity index (χ0v) is 9.80. The molecule has 0 aliphatic rings. The van der Waals surface area contributed by atoms with Crippen molar-refractivity contribution in [3.8, 4) is 0 Å². The van der Waals surface area contributed by atoms with Crippen LogP contribution in [0.15, 0.2) is 6.20 Å². The van der Waals surface area contributed by atoms with Crippen molar-refractivity contribution in [2.75, 3.05) is 12.3 Å². The molecule has 0 fully saturated rings. The number of anilines is 1. The third-order valence-corrected chi connectivity index (χ3v) is 2.00. The number of nitrogens with two attached hydrogens (primary N) is 1. The Labute approximate surface area is 95.4 Å². The van der Waals surface area contributed by atoms with Gasteiger partial charge in [0.15, 0.2) is 0 Å². The molecule has 0 bridgehead atoms. The first kappa shape index (κ1) is 13.8. The molecule has 1 amide bonds. The molecule has 0 saturated heterocycles. The zero-order valence-electron chi connectivity index (χ0n) is 8.99. The fraction of sp³-hybridized carbons (Fsp3) is 0.556. The number of hydrogen-bond acceptors (Lipinski definition) is 3. The van der Waals surface area contributed by atoms with Crippen LogP contribution in [0.25, 0.3) is 0 Å². The van der Waals surface area contributed by atoms with E-state index >= 15 is 0 Å². The topological polar surface area (TPSA) is 72.9 Å². The molecule has 3 N–H and O–H groups in total. The quantitative estimate of drug-likeness (QED) is 0.760. The monoisotopic (exact) mass is 232 g/mol. The lowest BCUT2D eigenvalue weighted by Crippen LogP contribution is -2.27. The summed E-state index contributed by atoms with van der Waals surface area (Å²) < 4.78 is 1.48. The maximum Gasteiger partial charge on any atom is 0.271 e. The first-order valence-electron chi connectivity index (χ1n) is 4.72. The van der Waals surface area contributed by atoms with Gasteiger partial charge >= 0.3 is 0 Å². The van der Waals surface area contributed by atoms with Crippen molar-refractivity contribution in [1.29, 1.82) is 0 Å². The first-order valence-corrected chi connectivity index (χ1v) is 4.72. The van der Waals surface area contributed by atoms with Gasteiger partial charge < -0.3 is 11.1 Å². The first-order chi connectivity index (χ1) is 6.66. The number of amides is 1. The minimum Gasteiger partial charge on any atom is -0.396 e. The Morgan fingerprint density at radius 2 is 2.33 bits per heavy atom.